The lowest BCUT2D eigenvalue weighted by Gasteiger charge is -2.58. The van der Waals surface area contributed by atoms with Gasteiger partial charge in [0.1, 0.15) is 11.6 Å². The minimum atomic E-state index is -0.162. The van der Waals surface area contributed by atoms with Crippen LogP contribution in [0.1, 0.15) is 71.6 Å². The summed E-state index contributed by atoms with van der Waals surface area (Å²) in [6.07, 6.45) is 11.0. The second-order valence-electron chi connectivity index (χ2n) is 10.8. The van der Waals surface area contributed by atoms with Crippen LogP contribution in [0.4, 0.5) is 0 Å². The Balaban J connectivity index is 1.33. The van der Waals surface area contributed by atoms with E-state index in [4.69, 9.17) is 4.84 Å². The summed E-state index contributed by atoms with van der Waals surface area (Å²) in [5.74, 6) is 2.23. The zero-order valence-corrected chi connectivity index (χ0v) is 18.0. The van der Waals surface area contributed by atoms with Crippen molar-refractivity contribution in [3.05, 3.63) is 11.8 Å². The predicted octanol–water partition coefficient (Wildman–Crippen LogP) is 3.54. The molecule has 0 aromatic heterocycles. The summed E-state index contributed by atoms with van der Waals surface area (Å²) in [4.78, 5) is 31.8. The Kier molecular flexibility index (Phi) is 4.90. The van der Waals surface area contributed by atoms with Crippen molar-refractivity contribution in [2.24, 2.45) is 34.5 Å². The van der Waals surface area contributed by atoms with E-state index in [2.05, 4.69) is 30.7 Å². The van der Waals surface area contributed by atoms with Crippen molar-refractivity contribution >= 4 is 11.6 Å². The fourth-order valence-electron chi connectivity index (χ4n) is 7.59. The monoisotopic (exact) mass is 400 g/mol. The van der Waals surface area contributed by atoms with Gasteiger partial charge in [-0.15, -0.1) is 0 Å². The van der Waals surface area contributed by atoms with Crippen molar-refractivity contribution < 1.29 is 14.4 Å². The number of fused-ring (bicyclic) bond motifs is 5. The van der Waals surface area contributed by atoms with Crippen LogP contribution in [0.5, 0.6) is 0 Å². The van der Waals surface area contributed by atoms with Crippen LogP contribution >= 0.6 is 0 Å². The van der Waals surface area contributed by atoms with Gasteiger partial charge in [-0.1, -0.05) is 19.9 Å². The molecule has 5 rings (SSSR count). The van der Waals surface area contributed by atoms with E-state index in [9.17, 15) is 9.59 Å². The minimum Gasteiger partial charge on any atom is -0.317 e. The number of hydrogen-bond donors (Lipinski definition) is 2. The molecular weight excluding hydrogens is 364 g/mol. The van der Waals surface area contributed by atoms with E-state index in [1.807, 2.05) is 0 Å². The molecule has 5 heteroatoms. The second kappa shape index (κ2) is 7.19. The molecule has 5 nitrogen and oxygen atoms in total. The minimum absolute atomic E-state index is 0.00177. The van der Waals surface area contributed by atoms with Gasteiger partial charge < -0.3 is 5.32 Å². The van der Waals surface area contributed by atoms with Gasteiger partial charge in [0.15, 0.2) is 0 Å². The van der Waals surface area contributed by atoms with Gasteiger partial charge in [0.25, 0.3) is 0 Å². The first kappa shape index (κ1) is 19.7. The van der Waals surface area contributed by atoms with Gasteiger partial charge in [-0.05, 0) is 81.2 Å². The Morgan fingerprint density at radius 2 is 1.83 bits per heavy atom. The maximum atomic E-state index is 13.3. The van der Waals surface area contributed by atoms with Crippen LogP contribution in [0.15, 0.2) is 11.8 Å². The summed E-state index contributed by atoms with van der Waals surface area (Å²) in [7, 11) is 0. The first-order valence-electron chi connectivity index (χ1n) is 11.8. The van der Waals surface area contributed by atoms with Crippen molar-refractivity contribution in [1.29, 1.82) is 0 Å². The SMILES string of the molecule is C[C@]12CCC(NOC3CCNCC3)=CC1C(=O)C[C@@H]1[C@H]2CC[C@]2(C)C(=O)CC[C@@H]12. The number of Topliss-reactive ketones (excluding diaryl/α,β-unsaturated/α-hetero) is 2. The lowest BCUT2D eigenvalue weighted by atomic mass is 9.46. The van der Waals surface area contributed by atoms with Crippen molar-refractivity contribution in [2.45, 2.75) is 77.7 Å². The highest BCUT2D eigenvalue weighted by molar-refractivity contribution is 5.88. The molecule has 0 aromatic rings. The highest BCUT2D eigenvalue weighted by Crippen LogP contribution is 2.64. The number of piperidine rings is 1. The molecule has 4 fully saturated rings. The van der Waals surface area contributed by atoms with E-state index in [0.717, 1.165) is 70.2 Å². The third kappa shape index (κ3) is 3.11. The van der Waals surface area contributed by atoms with Crippen molar-refractivity contribution in [1.82, 2.24) is 10.8 Å². The Labute approximate surface area is 174 Å². The fourth-order valence-corrected chi connectivity index (χ4v) is 7.59. The maximum Gasteiger partial charge on any atom is 0.140 e. The van der Waals surface area contributed by atoms with Crippen LogP contribution in [-0.4, -0.2) is 30.8 Å². The molecule has 160 valence electrons. The zero-order chi connectivity index (χ0) is 20.2. The molecule has 1 heterocycles. The molecular formula is C24H36N2O3. The van der Waals surface area contributed by atoms with Gasteiger partial charge >= 0.3 is 0 Å². The Hall–Kier alpha value is -1.20. The second-order valence-corrected chi connectivity index (χ2v) is 10.8. The van der Waals surface area contributed by atoms with Crippen LogP contribution in [0.25, 0.3) is 0 Å². The topological polar surface area (TPSA) is 67.4 Å². The van der Waals surface area contributed by atoms with Gasteiger partial charge in [-0.2, -0.15) is 0 Å². The van der Waals surface area contributed by atoms with Crippen LogP contribution in [-0.2, 0) is 14.4 Å². The summed E-state index contributed by atoms with van der Waals surface area (Å²) in [6, 6.07) is 0. The number of carbonyl (C=O) groups excluding carboxylic acids is 2. The predicted molar refractivity (Wildman–Crippen MR) is 111 cm³/mol. The van der Waals surface area contributed by atoms with Crippen LogP contribution in [0.2, 0.25) is 0 Å². The van der Waals surface area contributed by atoms with E-state index in [1.54, 1.807) is 0 Å². The Morgan fingerprint density at radius 1 is 1.03 bits per heavy atom. The molecule has 5 aliphatic rings. The molecule has 3 saturated carbocycles. The van der Waals surface area contributed by atoms with Crippen LogP contribution in [0.3, 0.4) is 0 Å². The highest BCUT2D eigenvalue weighted by atomic mass is 16.7. The molecule has 6 atom stereocenters. The number of rotatable bonds is 3. The van der Waals surface area contributed by atoms with Crippen LogP contribution in [0, 0.1) is 34.5 Å². The summed E-state index contributed by atoms with van der Waals surface area (Å²) < 4.78 is 0. The lowest BCUT2D eigenvalue weighted by Crippen LogP contribution is -2.55. The summed E-state index contributed by atoms with van der Waals surface area (Å²) in [5, 5.41) is 3.36. The molecule has 2 N–H and O–H groups in total. The number of allylic oxidation sites excluding steroid dienone is 2. The fraction of sp³-hybridized carbons (Fsp3) is 0.833. The first-order chi connectivity index (χ1) is 13.9. The molecule has 1 aliphatic heterocycles. The number of nitrogens with one attached hydrogen (secondary N) is 2. The van der Waals surface area contributed by atoms with Gasteiger partial charge in [0, 0.05) is 29.9 Å². The van der Waals surface area contributed by atoms with Gasteiger partial charge in [0.05, 0.1) is 6.10 Å². The third-order valence-corrected chi connectivity index (χ3v) is 9.43. The largest absolute Gasteiger partial charge is 0.317 e. The summed E-state index contributed by atoms with van der Waals surface area (Å²) in [6.45, 7) is 6.56. The highest BCUT2D eigenvalue weighted by Gasteiger charge is 2.61. The van der Waals surface area contributed by atoms with E-state index in [1.165, 1.54) is 0 Å². The molecule has 0 aromatic carbocycles. The van der Waals surface area contributed by atoms with Gasteiger partial charge in [-0.3, -0.25) is 19.9 Å². The summed E-state index contributed by atoms with van der Waals surface area (Å²) in [5.41, 5.74) is 4.18. The van der Waals surface area contributed by atoms with Crippen LogP contribution < -0.4 is 10.8 Å². The average molecular weight is 401 g/mol. The van der Waals surface area contributed by atoms with E-state index in [-0.39, 0.29) is 22.9 Å². The zero-order valence-electron chi connectivity index (χ0n) is 18.0. The Morgan fingerprint density at radius 3 is 2.62 bits per heavy atom. The normalized spacial score (nSPS) is 45.2. The van der Waals surface area contributed by atoms with Crippen molar-refractivity contribution in [2.75, 3.05) is 13.1 Å². The van der Waals surface area contributed by atoms with E-state index in [0.29, 0.717) is 35.7 Å². The molecule has 0 amide bonds. The number of ketones is 2. The molecule has 1 saturated heterocycles. The van der Waals surface area contributed by atoms with Gasteiger partial charge in [0.2, 0.25) is 0 Å². The van der Waals surface area contributed by atoms with Crippen molar-refractivity contribution in [3.63, 3.8) is 0 Å². The Bertz CT molecular complexity index is 728. The number of hydroxylamine groups is 1. The maximum absolute atomic E-state index is 13.3. The third-order valence-electron chi connectivity index (χ3n) is 9.43. The lowest BCUT2D eigenvalue weighted by molar-refractivity contribution is -0.149. The standard InChI is InChI=1S/C24H36N2O3/c1-23-9-5-15(26-29-16-7-11-25-12-8-16)13-20(23)21(27)14-17-18-3-4-22(28)24(18,2)10-6-19(17)23/h13,16-20,25-26H,3-12,14H2,1-2H3/t17-,18-,19+,20?,23+,24-/m0/s1. The van der Waals surface area contributed by atoms with Gasteiger partial charge in [-0.25, -0.2) is 0 Å². The smallest absolute Gasteiger partial charge is 0.140 e. The van der Waals surface area contributed by atoms with Crippen molar-refractivity contribution in [3.8, 4) is 0 Å². The average Bonchev–Trinajstić information content (AvgIpc) is 3.03. The molecule has 0 radical (unpaired) electrons. The van der Waals surface area contributed by atoms with E-state index < -0.39 is 0 Å². The number of hydrogen-bond acceptors (Lipinski definition) is 5. The number of carbonyl (C=O) groups is 2. The van der Waals surface area contributed by atoms with E-state index >= 15 is 0 Å². The molecule has 4 aliphatic carbocycles. The first-order valence-corrected chi connectivity index (χ1v) is 11.8. The molecule has 0 bridgehead atoms. The molecule has 29 heavy (non-hydrogen) atoms. The molecule has 1 unspecified atom stereocenters. The molecule has 0 spiro atoms. The summed E-state index contributed by atoms with van der Waals surface area (Å²) >= 11 is 0. The quantitative estimate of drug-likeness (QED) is 0.709.